The molecule has 0 unspecified atom stereocenters. The number of halogens is 1. The molecule has 0 radical (unpaired) electrons. The molecule has 2 heterocycles. The summed E-state index contributed by atoms with van der Waals surface area (Å²) >= 11 is 5.97. The summed E-state index contributed by atoms with van der Waals surface area (Å²) < 4.78 is 0. The number of nitrogens with one attached hydrogen (secondary N) is 2. The number of nitrogens with zero attached hydrogens (tertiary/aromatic N) is 2. The average molecular weight is 375 g/mol. The van der Waals surface area contributed by atoms with Crippen molar-refractivity contribution in [2.24, 2.45) is 5.92 Å². The Labute approximate surface area is 160 Å². The summed E-state index contributed by atoms with van der Waals surface area (Å²) in [6.45, 7) is 3.66. The highest BCUT2D eigenvalue weighted by Crippen LogP contribution is 2.20. The summed E-state index contributed by atoms with van der Waals surface area (Å²) in [6.07, 6.45) is 8.50. The Bertz CT molecular complexity index is 681. The fourth-order valence-corrected chi connectivity index (χ4v) is 3.72. The van der Waals surface area contributed by atoms with Gasteiger partial charge in [0.05, 0.1) is 6.33 Å². The first kappa shape index (κ1) is 18.9. The number of likely N-dealkylation sites (tertiary alicyclic amines) is 1. The van der Waals surface area contributed by atoms with E-state index in [-0.39, 0.29) is 5.91 Å². The largest absolute Gasteiger partial charge is 0.356 e. The molecule has 1 fully saturated rings. The monoisotopic (exact) mass is 374 g/mol. The average Bonchev–Trinajstić information content (AvgIpc) is 3.14. The summed E-state index contributed by atoms with van der Waals surface area (Å²) in [5.41, 5.74) is 2.37. The highest BCUT2D eigenvalue weighted by molar-refractivity contribution is 6.30. The number of hydrogen-bond acceptors (Lipinski definition) is 3. The minimum Gasteiger partial charge on any atom is -0.356 e. The molecule has 2 N–H and O–H groups in total. The van der Waals surface area contributed by atoms with E-state index < -0.39 is 0 Å². The summed E-state index contributed by atoms with van der Waals surface area (Å²) in [5, 5.41) is 3.75. The van der Waals surface area contributed by atoms with Gasteiger partial charge >= 0.3 is 0 Å². The number of benzene rings is 1. The minimum atomic E-state index is 0.131. The molecule has 1 aliphatic heterocycles. The van der Waals surface area contributed by atoms with Gasteiger partial charge in [-0.05, 0) is 62.4 Å². The van der Waals surface area contributed by atoms with E-state index in [1.807, 2.05) is 30.5 Å². The zero-order valence-corrected chi connectivity index (χ0v) is 15.8. The predicted molar refractivity (Wildman–Crippen MR) is 104 cm³/mol. The Kier molecular flexibility index (Phi) is 7.09. The molecule has 0 aliphatic carbocycles. The highest BCUT2D eigenvalue weighted by Gasteiger charge is 2.20. The van der Waals surface area contributed by atoms with Gasteiger partial charge in [-0.3, -0.25) is 4.79 Å². The topological polar surface area (TPSA) is 61.0 Å². The molecule has 1 amide bonds. The molecule has 140 valence electrons. The van der Waals surface area contributed by atoms with Gasteiger partial charge in [0.15, 0.2) is 0 Å². The third-order valence-corrected chi connectivity index (χ3v) is 5.29. The van der Waals surface area contributed by atoms with Crippen LogP contribution in [0.1, 0.15) is 30.5 Å². The van der Waals surface area contributed by atoms with Gasteiger partial charge in [-0.25, -0.2) is 4.98 Å². The van der Waals surface area contributed by atoms with Crippen LogP contribution in [0.4, 0.5) is 0 Å². The molecule has 0 spiro atoms. The van der Waals surface area contributed by atoms with Crippen molar-refractivity contribution >= 4 is 17.5 Å². The number of carbonyl (C=O) groups excluding carboxylic acids is 1. The van der Waals surface area contributed by atoms with Crippen molar-refractivity contribution in [2.75, 3.05) is 26.2 Å². The third kappa shape index (κ3) is 6.15. The first-order valence-corrected chi connectivity index (χ1v) is 9.77. The van der Waals surface area contributed by atoms with E-state index in [0.717, 1.165) is 49.0 Å². The lowest BCUT2D eigenvalue weighted by Crippen LogP contribution is -2.37. The first-order chi connectivity index (χ1) is 12.7. The molecule has 1 aliphatic rings. The van der Waals surface area contributed by atoms with Crippen LogP contribution in [-0.4, -0.2) is 47.0 Å². The van der Waals surface area contributed by atoms with E-state index in [1.54, 1.807) is 6.33 Å². The van der Waals surface area contributed by atoms with E-state index in [4.69, 9.17) is 11.6 Å². The van der Waals surface area contributed by atoms with Gasteiger partial charge in [0.2, 0.25) is 5.91 Å². The van der Waals surface area contributed by atoms with E-state index in [0.29, 0.717) is 13.0 Å². The summed E-state index contributed by atoms with van der Waals surface area (Å²) in [7, 11) is 0. The Hall–Kier alpha value is -1.85. The fourth-order valence-electron chi connectivity index (χ4n) is 3.51. The quantitative estimate of drug-likeness (QED) is 0.746. The molecule has 26 heavy (non-hydrogen) atoms. The van der Waals surface area contributed by atoms with Crippen molar-refractivity contribution in [3.05, 3.63) is 53.1 Å². The zero-order valence-electron chi connectivity index (χ0n) is 15.1. The van der Waals surface area contributed by atoms with Crippen LogP contribution in [-0.2, 0) is 17.6 Å². The van der Waals surface area contributed by atoms with Crippen molar-refractivity contribution in [1.29, 1.82) is 0 Å². The van der Waals surface area contributed by atoms with Crippen LogP contribution in [0.3, 0.4) is 0 Å². The van der Waals surface area contributed by atoms with E-state index in [1.165, 1.54) is 18.5 Å². The van der Waals surface area contributed by atoms with Crippen molar-refractivity contribution in [3.8, 4) is 0 Å². The summed E-state index contributed by atoms with van der Waals surface area (Å²) in [5.74, 6) is 0.852. The molecule has 0 saturated carbocycles. The van der Waals surface area contributed by atoms with E-state index >= 15 is 0 Å². The van der Waals surface area contributed by atoms with Crippen LogP contribution in [0.5, 0.6) is 0 Å². The lowest BCUT2D eigenvalue weighted by Gasteiger charge is -2.31. The lowest BCUT2D eigenvalue weighted by molar-refractivity contribution is -0.121. The number of H-pyrrole nitrogens is 1. The Morgan fingerprint density at radius 2 is 2.19 bits per heavy atom. The zero-order chi connectivity index (χ0) is 18.2. The van der Waals surface area contributed by atoms with Crippen molar-refractivity contribution < 1.29 is 4.79 Å². The minimum absolute atomic E-state index is 0.131. The standard InChI is InChI=1S/C20H27ClN4O/c21-18-3-1-2-16(12-18)4-8-23-20(26)7-11-25-9-5-17(6-10-25)13-19-14-22-15-24-19/h1-3,12,14-15,17H,4-11,13H2,(H,22,24)(H,23,26). The third-order valence-electron chi connectivity index (χ3n) is 5.05. The number of carbonyl (C=O) groups is 1. The second-order valence-corrected chi connectivity index (χ2v) is 7.48. The molecular formula is C20H27ClN4O. The second kappa shape index (κ2) is 9.74. The number of rotatable bonds is 8. The maximum absolute atomic E-state index is 12.0. The van der Waals surface area contributed by atoms with Crippen LogP contribution in [0.15, 0.2) is 36.8 Å². The predicted octanol–water partition coefficient (Wildman–Crippen LogP) is 3.07. The van der Waals surface area contributed by atoms with Crippen LogP contribution in [0.25, 0.3) is 0 Å². The first-order valence-electron chi connectivity index (χ1n) is 9.40. The summed E-state index contributed by atoms with van der Waals surface area (Å²) in [4.78, 5) is 21.7. The smallest absolute Gasteiger partial charge is 0.221 e. The molecule has 1 saturated heterocycles. The van der Waals surface area contributed by atoms with Gasteiger partial charge in [0, 0.05) is 36.4 Å². The number of hydrogen-bond donors (Lipinski definition) is 2. The SMILES string of the molecule is O=C(CCN1CCC(Cc2cnc[nH]2)CC1)NCCc1cccc(Cl)c1. The maximum Gasteiger partial charge on any atom is 0.221 e. The molecule has 6 heteroatoms. The Morgan fingerprint density at radius 3 is 2.92 bits per heavy atom. The fraction of sp³-hybridized carbons (Fsp3) is 0.500. The van der Waals surface area contributed by atoms with Gasteiger partial charge in [-0.1, -0.05) is 23.7 Å². The number of aromatic nitrogens is 2. The Balaban J connectivity index is 1.28. The Morgan fingerprint density at radius 1 is 1.35 bits per heavy atom. The van der Waals surface area contributed by atoms with Gasteiger partial charge in [-0.15, -0.1) is 0 Å². The van der Waals surface area contributed by atoms with Gasteiger partial charge in [0.1, 0.15) is 0 Å². The molecule has 1 aromatic heterocycles. The molecule has 5 nitrogen and oxygen atoms in total. The molecule has 1 aromatic carbocycles. The van der Waals surface area contributed by atoms with Crippen LogP contribution in [0, 0.1) is 5.92 Å². The van der Waals surface area contributed by atoms with Crippen LogP contribution < -0.4 is 5.32 Å². The second-order valence-electron chi connectivity index (χ2n) is 7.05. The van der Waals surface area contributed by atoms with Crippen LogP contribution >= 0.6 is 11.6 Å². The van der Waals surface area contributed by atoms with Gasteiger partial charge in [-0.2, -0.15) is 0 Å². The normalized spacial score (nSPS) is 15.9. The molecule has 0 atom stereocenters. The highest BCUT2D eigenvalue weighted by atomic mass is 35.5. The molecule has 3 rings (SSSR count). The number of amides is 1. The van der Waals surface area contributed by atoms with Gasteiger partial charge < -0.3 is 15.2 Å². The lowest BCUT2D eigenvalue weighted by atomic mass is 9.92. The van der Waals surface area contributed by atoms with Crippen molar-refractivity contribution in [1.82, 2.24) is 20.2 Å². The number of aromatic amines is 1. The van der Waals surface area contributed by atoms with Crippen LogP contribution in [0.2, 0.25) is 5.02 Å². The van der Waals surface area contributed by atoms with E-state index in [9.17, 15) is 4.79 Å². The number of piperidine rings is 1. The maximum atomic E-state index is 12.0. The van der Waals surface area contributed by atoms with Gasteiger partial charge in [0.25, 0.3) is 0 Å². The van der Waals surface area contributed by atoms with E-state index in [2.05, 4.69) is 20.2 Å². The molecule has 0 bridgehead atoms. The molecular weight excluding hydrogens is 348 g/mol. The van der Waals surface area contributed by atoms with Crippen molar-refractivity contribution in [3.63, 3.8) is 0 Å². The number of imidazole rings is 1. The molecule has 2 aromatic rings. The van der Waals surface area contributed by atoms with Crippen molar-refractivity contribution in [2.45, 2.75) is 32.1 Å². The summed E-state index contributed by atoms with van der Waals surface area (Å²) in [6, 6.07) is 7.78.